The molecule has 0 fully saturated rings. The van der Waals surface area contributed by atoms with E-state index in [1.807, 2.05) is 80.6 Å². The number of aryl methyl sites for hydroxylation is 2. The Bertz CT molecular complexity index is 1230. The van der Waals surface area contributed by atoms with Gasteiger partial charge in [0.1, 0.15) is 11.4 Å². The van der Waals surface area contributed by atoms with Crippen molar-refractivity contribution in [1.82, 2.24) is 0 Å². The van der Waals surface area contributed by atoms with Gasteiger partial charge in [-0.05, 0) is 66.8 Å². The van der Waals surface area contributed by atoms with Crippen LogP contribution in [0.4, 0.5) is 11.4 Å². The molecule has 0 radical (unpaired) electrons. The molecule has 0 aromatic heterocycles. The van der Waals surface area contributed by atoms with Crippen molar-refractivity contribution in [2.24, 2.45) is 5.92 Å². The average Bonchev–Trinajstić information content (AvgIpc) is 3.02. The van der Waals surface area contributed by atoms with Crippen molar-refractivity contribution in [2.75, 3.05) is 16.8 Å². The maximum absolute atomic E-state index is 13.6. The minimum Gasteiger partial charge on any atom is -0.493 e. The van der Waals surface area contributed by atoms with E-state index in [-0.39, 0.29) is 17.5 Å². The summed E-state index contributed by atoms with van der Waals surface area (Å²) < 4.78 is 5.78. The van der Waals surface area contributed by atoms with Gasteiger partial charge in [-0.1, -0.05) is 56.3 Å². The Kier molecular flexibility index (Phi) is 6.31. The maximum atomic E-state index is 13.6. The van der Waals surface area contributed by atoms with Gasteiger partial charge in [0.2, 0.25) is 0 Å². The number of nitrogens with one attached hydrogen (secondary N) is 1. The molecule has 0 bridgehead atoms. The smallest absolute Gasteiger partial charge is 0.282 e. The van der Waals surface area contributed by atoms with Gasteiger partial charge in [0.25, 0.3) is 11.8 Å². The lowest BCUT2D eigenvalue weighted by atomic mass is 10.0. The number of ether oxygens (including phenoxy) is 1. The van der Waals surface area contributed by atoms with Crippen molar-refractivity contribution in [3.05, 3.63) is 95.2 Å². The minimum atomic E-state index is -0.369. The zero-order valence-corrected chi connectivity index (χ0v) is 19.4. The van der Waals surface area contributed by atoms with Gasteiger partial charge in [-0.25, -0.2) is 4.90 Å². The third-order valence-corrected chi connectivity index (χ3v) is 5.45. The Morgan fingerprint density at radius 3 is 2.27 bits per heavy atom. The molecule has 33 heavy (non-hydrogen) atoms. The fourth-order valence-corrected chi connectivity index (χ4v) is 3.79. The number of benzene rings is 3. The second-order valence-corrected chi connectivity index (χ2v) is 8.71. The largest absolute Gasteiger partial charge is 0.493 e. The van der Waals surface area contributed by atoms with Crippen LogP contribution < -0.4 is 15.0 Å². The van der Waals surface area contributed by atoms with Crippen molar-refractivity contribution < 1.29 is 14.3 Å². The molecule has 0 atom stereocenters. The summed E-state index contributed by atoms with van der Waals surface area (Å²) in [5, 5.41) is 3.22. The van der Waals surface area contributed by atoms with Crippen LogP contribution in [-0.4, -0.2) is 18.4 Å². The molecule has 3 aromatic carbocycles. The normalized spacial score (nSPS) is 13.8. The van der Waals surface area contributed by atoms with Crippen molar-refractivity contribution >= 4 is 28.8 Å². The predicted molar refractivity (Wildman–Crippen MR) is 132 cm³/mol. The van der Waals surface area contributed by atoms with Gasteiger partial charge >= 0.3 is 0 Å². The molecular weight excluding hydrogens is 412 g/mol. The number of carbonyl (C=O) groups excluding carboxylic acids is 2. The Morgan fingerprint density at radius 2 is 1.61 bits per heavy atom. The van der Waals surface area contributed by atoms with E-state index in [2.05, 4.69) is 19.2 Å². The Hall–Kier alpha value is -3.86. The number of rotatable bonds is 7. The molecule has 168 valence electrons. The lowest BCUT2D eigenvalue weighted by Crippen LogP contribution is -2.33. The highest BCUT2D eigenvalue weighted by Crippen LogP contribution is 2.35. The molecule has 1 aliphatic rings. The first-order valence-corrected chi connectivity index (χ1v) is 11.1. The first-order chi connectivity index (χ1) is 15.8. The highest BCUT2D eigenvalue weighted by molar-refractivity contribution is 6.46. The van der Waals surface area contributed by atoms with Crippen LogP contribution in [0.2, 0.25) is 0 Å². The molecule has 5 heteroatoms. The van der Waals surface area contributed by atoms with Crippen LogP contribution in [0, 0.1) is 19.8 Å². The van der Waals surface area contributed by atoms with Crippen LogP contribution >= 0.6 is 0 Å². The second-order valence-electron chi connectivity index (χ2n) is 8.71. The standard InChI is InChI=1S/C28H28N2O3/c1-18(2)17-33-23-14-12-21(13-15-23)25-26(29-22-10-7-8-19(3)16-22)28(32)30(27(25)31)24-11-6-5-9-20(24)4/h5-16,18,29H,17H2,1-4H3. The van der Waals surface area contributed by atoms with Gasteiger partial charge in [0.05, 0.1) is 17.9 Å². The Labute approximate surface area is 194 Å². The van der Waals surface area contributed by atoms with Gasteiger partial charge in [0, 0.05) is 5.69 Å². The molecular formula is C28H28N2O3. The van der Waals surface area contributed by atoms with Gasteiger partial charge in [0.15, 0.2) is 0 Å². The van der Waals surface area contributed by atoms with Gasteiger partial charge in [-0.15, -0.1) is 0 Å². The van der Waals surface area contributed by atoms with E-state index in [9.17, 15) is 9.59 Å². The summed E-state index contributed by atoms with van der Waals surface area (Å²) in [4.78, 5) is 28.4. The van der Waals surface area contributed by atoms with E-state index in [1.54, 1.807) is 6.07 Å². The minimum absolute atomic E-state index is 0.268. The Morgan fingerprint density at radius 1 is 0.879 bits per heavy atom. The second kappa shape index (κ2) is 9.33. The number of anilines is 2. The number of nitrogens with zero attached hydrogens (tertiary/aromatic N) is 1. The first kappa shape index (κ1) is 22.3. The van der Waals surface area contributed by atoms with Gasteiger partial charge in [-0.3, -0.25) is 9.59 Å². The highest BCUT2D eigenvalue weighted by Gasteiger charge is 2.40. The van der Waals surface area contributed by atoms with Crippen LogP contribution in [-0.2, 0) is 9.59 Å². The van der Waals surface area contributed by atoms with Crippen molar-refractivity contribution in [2.45, 2.75) is 27.7 Å². The molecule has 0 unspecified atom stereocenters. The van der Waals surface area contributed by atoms with E-state index >= 15 is 0 Å². The summed E-state index contributed by atoms with van der Waals surface area (Å²) in [5.74, 6) is 0.425. The summed E-state index contributed by atoms with van der Waals surface area (Å²) in [6.45, 7) is 8.66. The lowest BCUT2D eigenvalue weighted by molar-refractivity contribution is -0.120. The van der Waals surface area contributed by atoms with Crippen LogP contribution in [0.3, 0.4) is 0 Å². The molecule has 5 nitrogen and oxygen atoms in total. The fraction of sp³-hybridized carbons (Fsp3) is 0.214. The number of hydrogen-bond acceptors (Lipinski definition) is 4. The third-order valence-electron chi connectivity index (χ3n) is 5.45. The summed E-state index contributed by atoms with van der Waals surface area (Å²) in [6.07, 6.45) is 0. The molecule has 0 saturated heterocycles. The molecule has 1 N–H and O–H groups in total. The van der Waals surface area contributed by atoms with Crippen LogP contribution in [0.25, 0.3) is 5.57 Å². The number of hydrogen-bond donors (Lipinski definition) is 1. The zero-order valence-electron chi connectivity index (χ0n) is 19.4. The molecule has 2 amide bonds. The average molecular weight is 441 g/mol. The summed E-state index contributed by atoms with van der Waals surface area (Å²) >= 11 is 0. The van der Waals surface area contributed by atoms with Crippen molar-refractivity contribution in [3.63, 3.8) is 0 Å². The SMILES string of the molecule is Cc1cccc(NC2=C(c3ccc(OCC(C)C)cc3)C(=O)N(c3ccccc3C)C2=O)c1. The zero-order chi connectivity index (χ0) is 23.5. The van der Waals surface area contributed by atoms with Crippen LogP contribution in [0.1, 0.15) is 30.5 Å². The van der Waals surface area contributed by atoms with E-state index in [0.717, 1.165) is 22.6 Å². The molecule has 0 aliphatic carbocycles. The molecule has 4 rings (SSSR count). The Balaban J connectivity index is 1.76. The van der Waals surface area contributed by atoms with Crippen molar-refractivity contribution in [1.29, 1.82) is 0 Å². The summed E-state index contributed by atoms with van der Waals surface area (Å²) in [7, 11) is 0. The van der Waals surface area contributed by atoms with E-state index in [1.165, 1.54) is 4.90 Å². The van der Waals surface area contributed by atoms with Crippen LogP contribution in [0.5, 0.6) is 5.75 Å². The number of imide groups is 1. The van der Waals surface area contributed by atoms with Crippen LogP contribution in [0.15, 0.2) is 78.5 Å². The summed E-state index contributed by atoms with van der Waals surface area (Å²) in [6, 6.07) is 22.5. The van der Waals surface area contributed by atoms with E-state index in [0.29, 0.717) is 29.3 Å². The predicted octanol–water partition coefficient (Wildman–Crippen LogP) is 5.73. The van der Waals surface area contributed by atoms with Gasteiger partial charge < -0.3 is 10.1 Å². The van der Waals surface area contributed by atoms with Gasteiger partial charge in [-0.2, -0.15) is 0 Å². The third kappa shape index (κ3) is 4.67. The molecule has 0 spiro atoms. The highest BCUT2D eigenvalue weighted by atomic mass is 16.5. The quantitative estimate of drug-likeness (QED) is 0.476. The molecule has 3 aromatic rings. The summed E-state index contributed by atoms with van der Waals surface area (Å²) in [5.41, 5.74) is 4.53. The monoisotopic (exact) mass is 440 g/mol. The number of amides is 2. The number of carbonyl (C=O) groups is 2. The molecule has 1 heterocycles. The molecule has 0 saturated carbocycles. The maximum Gasteiger partial charge on any atom is 0.282 e. The first-order valence-electron chi connectivity index (χ1n) is 11.1. The fourth-order valence-electron chi connectivity index (χ4n) is 3.79. The topological polar surface area (TPSA) is 58.6 Å². The molecule has 1 aliphatic heterocycles. The van der Waals surface area contributed by atoms with E-state index < -0.39 is 0 Å². The number of para-hydroxylation sites is 1. The lowest BCUT2D eigenvalue weighted by Gasteiger charge is -2.17. The van der Waals surface area contributed by atoms with Crippen molar-refractivity contribution in [3.8, 4) is 5.75 Å². The van der Waals surface area contributed by atoms with E-state index in [4.69, 9.17) is 4.74 Å².